The van der Waals surface area contributed by atoms with Gasteiger partial charge in [-0.15, -0.1) is 0 Å². The molecule has 10 heteroatoms. The number of carbonyl (C=O) groups is 1. The highest BCUT2D eigenvalue weighted by molar-refractivity contribution is 5.82. The first-order chi connectivity index (χ1) is 14.7. The summed E-state index contributed by atoms with van der Waals surface area (Å²) in [6.07, 6.45) is -3.20. The predicted octanol–water partition coefficient (Wildman–Crippen LogP) is 3.40. The highest BCUT2D eigenvalue weighted by atomic mass is 19.4. The molecule has 2 aliphatic rings. The van der Waals surface area contributed by atoms with Crippen LogP contribution in [0.2, 0.25) is 0 Å². The topological polar surface area (TPSA) is 71.7 Å². The minimum Gasteiger partial charge on any atom is -0.379 e. The zero-order valence-corrected chi connectivity index (χ0v) is 17.7. The van der Waals surface area contributed by atoms with Crippen LogP contribution in [0.4, 0.5) is 13.2 Å². The molecular formula is C21H27F3N4O3. The van der Waals surface area contributed by atoms with Gasteiger partial charge in [0, 0.05) is 37.8 Å². The molecular weight excluding hydrogens is 413 g/mol. The monoisotopic (exact) mass is 440 g/mol. The second-order valence-corrected chi connectivity index (χ2v) is 8.56. The van der Waals surface area contributed by atoms with E-state index in [1.807, 2.05) is 4.90 Å². The zero-order valence-electron chi connectivity index (χ0n) is 17.7. The Morgan fingerprint density at radius 1 is 1.26 bits per heavy atom. The van der Waals surface area contributed by atoms with E-state index in [2.05, 4.69) is 10.1 Å². The molecule has 0 aromatic carbocycles. The lowest BCUT2D eigenvalue weighted by Gasteiger charge is -2.34. The number of alkyl halides is 3. The minimum absolute atomic E-state index is 0.0179. The average molecular weight is 440 g/mol. The number of amides is 1. The van der Waals surface area contributed by atoms with Crippen LogP contribution in [0.5, 0.6) is 0 Å². The van der Waals surface area contributed by atoms with Gasteiger partial charge in [0.2, 0.25) is 5.91 Å². The molecule has 2 aromatic rings. The summed E-state index contributed by atoms with van der Waals surface area (Å²) in [5.41, 5.74) is -0.304. The number of morpholine rings is 1. The van der Waals surface area contributed by atoms with Crippen LogP contribution in [0.25, 0.3) is 11.1 Å². The van der Waals surface area contributed by atoms with E-state index in [0.29, 0.717) is 64.5 Å². The Balaban J connectivity index is 1.60. The summed E-state index contributed by atoms with van der Waals surface area (Å²) >= 11 is 0. The summed E-state index contributed by atoms with van der Waals surface area (Å²) in [5.74, 6) is -0.519. The number of hydrogen-bond donors (Lipinski definition) is 0. The lowest BCUT2D eigenvalue weighted by atomic mass is 9.91. The van der Waals surface area contributed by atoms with E-state index in [1.54, 1.807) is 18.7 Å². The van der Waals surface area contributed by atoms with Crippen LogP contribution in [0.1, 0.15) is 55.5 Å². The molecule has 2 saturated heterocycles. The van der Waals surface area contributed by atoms with Crippen molar-refractivity contribution < 1.29 is 27.2 Å². The molecule has 0 unspecified atom stereocenters. The van der Waals surface area contributed by atoms with Crippen molar-refractivity contribution in [2.24, 2.45) is 0 Å². The number of ether oxygens (including phenoxy) is 1. The van der Waals surface area contributed by atoms with Gasteiger partial charge in [0.1, 0.15) is 0 Å². The second kappa shape index (κ2) is 8.74. The third-order valence-corrected chi connectivity index (χ3v) is 6.01. The summed E-state index contributed by atoms with van der Waals surface area (Å²) in [4.78, 5) is 20.8. The van der Waals surface area contributed by atoms with Gasteiger partial charge in [-0.2, -0.15) is 13.2 Å². The number of hydrogen-bond acceptors (Lipinski definition) is 6. The van der Waals surface area contributed by atoms with E-state index in [9.17, 15) is 18.0 Å². The highest BCUT2D eigenvalue weighted by Gasteiger charge is 2.38. The predicted molar refractivity (Wildman–Crippen MR) is 107 cm³/mol. The average Bonchev–Trinajstić information content (AvgIpc) is 3.17. The van der Waals surface area contributed by atoms with E-state index in [-0.39, 0.29) is 34.5 Å². The smallest absolute Gasteiger partial charge is 0.379 e. The van der Waals surface area contributed by atoms with E-state index in [0.717, 1.165) is 6.07 Å². The quantitative estimate of drug-likeness (QED) is 0.726. The minimum atomic E-state index is -4.55. The fourth-order valence-corrected chi connectivity index (χ4v) is 4.27. The van der Waals surface area contributed by atoms with Crippen molar-refractivity contribution in [3.8, 4) is 0 Å². The maximum absolute atomic E-state index is 13.9. The molecule has 0 bridgehead atoms. The van der Waals surface area contributed by atoms with Gasteiger partial charge in [0.05, 0.1) is 36.4 Å². The molecule has 4 rings (SSSR count). The Morgan fingerprint density at radius 3 is 2.68 bits per heavy atom. The molecule has 2 fully saturated rings. The lowest BCUT2D eigenvalue weighted by Crippen LogP contribution is -2.47. The van der Waals surface area contributed by atoms with E-state index in [4.69, 9.17) is 9.26 Å². The molecule has 170 valence electrons. The molecule has 4 heterocycles. The Hall–Kier alpha value is -2.20. The molecule has 1 amide bonds. The number of fused-ring (bicyclic) bond motifs is 1. The summed E-state index contributed by atoms with van der Waals surface area (Å²) in [7, 11) is 0. The molecule has 0 saturated carbocycles. The summed E-state index contributed by atoms with van der Waals surface area (Å²) in [6, 6.07) is 1.10. The van der Waals surface area contributed by atoms with Crippen molar-refractivity contribution in [2.75, 3.05) is 45.9 Å². The normalized spacial score (nSPS) is 21.2. The molecule has 0 radical (unpaired) electrons. The largest absolute Gasteiger partial charge is 0.417 e. The van der Waals surface area contributed by atoms with E-state index >= 15 is 0 Å². The van der Waals surface area contributed by atoms with Gasteiger partial charge in [-0.25, -0.2) is 4.98 Å². The van der Waals surface area contributed by atoms with Crippen molar-refractivity contribution in [1.29, 1.82) is 0 Å². The summed E-state index contributed by atoms with van der Waals surface area (Å²) in [6.45, 7) is 7.40. The molecule has 2 aromatic heterocycles. The van der Waals surface area contributed by atoms with Gasteiger partial charge in [0.15, 0.2) is 0 Å². The second-order valence-electron chi connectivity index (χ2n) is 8.56. The van der Waals surface area contributed by atoms with Crippen LogP contribution in [-0.4, -0.2) is 71.8 Å². The standard InChI is InChI=1S/C21H27F3N4O3/c1-13(2)16-10-15(21(22,23)24)18-19(26-31-20(18)25-16)14-4-3-5-28(11-14)17(29)12-27-6-8-30-9-7-27/h10,13-14H,3-9,11-12H2,1-2H3/t14-/m0/s1. The maximum atomic E-state index is 13.9. The number of carbonyl (C=O) groups excluding carboxylic acids is 1. The summed E-state index contributed by atoms with van der Waals surface area (Å²) < 4.78 is 52.2. The van der Waals surface area contributed by atoms with Gasteiger partial charge in [-0.3, -0.25) is 9.69 Å². The molecule has 1 atom stereocenters. The Bertz CT molecular complexity index is 938. The number of rotatable bonds is 4. The molecule has 0 aliphatic carbocycles. The van der Waals surface area contributed by atoms with Crippen LogP contribution in [0, 0.1) is 0 Å². The SMILES string of the molecule is CC(C)c1cc(C(F)(F)F)c2c([C@H]3CCCN(C(=O)CN4CCOCC4)C3)noc2n1. The number of pyridine rings is 1. The van der Waals surface area contributed by atoms with Crippen molar-refractivity contribution in [3.63, 3.8) is 0 Å². The van der Waals surface area contributed by atoms with Crippen LogP contribution in [0.3, 0.4) is 0 Å². The maximum Gasteiger partial charge on any atom is 0.417 e. The first-order valence-electron chi connectivity index (χ1n) is 10.7. The number of piperidine rings is 1. The third-order valence-electron chi connectivity index (χ3n) is 6.01. The van der Waals surface area contributed by atoms with Gasteiger partial charge in [-0.1, -0.05) is 19.0 Å². The molecule has 2 aliphatic heterocycles. The number of aromatic nitrogens is 2. The molecule has 0 spiro atoms. The lowest BCUT2D eigenvalue weighted by molar-refractivity contribution is -0.137. The number of nitrogens with zero attached hydrogens (tertiary/aromatic N) is 4. The molecule has 0 N–H and O–H groups in total. The number of likely N-dealkylation sites (tertiary alicyclic amines) is 1. The van der Waals surface area contributed by atoms with Crippen molar-refractivity contribution in [3.05, 3.63) is 23.0 Å². The van der Waals surface area contributed by atoms with E-state index < -0.39 is 11.7 Å². The van der Waals surface area contributed by atoms with Crippen molar-refractivity contribution in [1.82, 2.24) is 19.9 Å². The third kappa shape index (κ3) is 4.69. The van der Waals surface area contributed by atoms with Crippen LogP contribution < -0.4 is 0 Å². The Kier molecular flexibility index (Phi) is 6.20. The van der Waals surface area contributed by atoms with Crippen molar-refractivity contribution in [2.45, 2.75) is 44.7 Å². The van der Waals surface area contributed by atoms with Gasteiger partial charge >= 0.3 is 6.18 Å². The van der Waals surface area contributed by atoms with Crippen LogP contribution in [-0.2, 0) is 15.7 Å². The Labute approximate surface area is 178 Å². The molecule has 31 heavy (non-hydrogen) atoms. The van der Waals surface area contributed by atoms with Crippen molar-refractivity contribution >= 4 is 17.0 Å². The fraction of sp³-hybridized carbons (Fsp3) is 0.667. The summed E-state index contributed by atoms with van der Waals surface area (Å²) in [5, 5.41) is 3.92. The van der Waals surface area contributed by atoms with Gasteiger partial charge < -0.3 is 14.2 Å². The van der Waals surface area contributed by atoms with E-state index in [1.165, 1.54) is 0 Å². The fourth-order valence-electron chi connectivity index (χ4n) is 4.27. The highest BCUT2D eigenvalue weighted by Crippen LogP contribution is 2.40. The molecule has 7 nitrogen and oxygen atoms in total. The zero-order chi connectivity index (χ0) is 22.2. The van der Waals surface area contributed by atoms with Gasteiger partial charge in [-0.05, 0) is 24.8 Å². The number of halogens is 3. The van der Waals surface area contributed by atoms with Gasteiger partial charge in [0.25, 0.3) is 5.71 Å². The first kappa shape index (κ1) is 22.0. The first-order valence-corrected chi connectivity index (χ1v) is 10.7. The van der Waals surface area contributed by atoms with Crippen LogP contribution >= 0.6 is 0 Å². The van der Waals surface area contributed by atoms with Crippen LogP contribution in [0.15, 0.2) is 10.6 Å². The Morgan fingerprint density at radius 2 is 2.00 bits per heavy atom.